The SMILES string of the molecule is CCNC(=O)c1ccc(CN=C(NCC)N2CCCC(C)C2)cc1.I. The maximum Gasteiger partial charge on any atom is 0.251 e. The maximum atomic E-state index is 11.8. The van der Waals surface area contributed by atoms with Crippen molar-refractivity contribution in [3.63, 3.8) is 0 Å². The Labute approximate surface area is 168 Å². The molecule has 0 radical (unpaired) electrons. The Hall–Kier alpha value is -1.31. The van der Waals surface area contributed by atoms with Crippen LogP contribution in [-0.4, -0.2) is 42.9 Å². The molecule has 1 atom stereocenters. The normalized spacial score (nSPS) is 17.6. The van der Waals surface area contributed by atoms with Crippen molar-refractivity contribution in [2.75, 3.05) is 26.2 Å². The number of benzene rings is 1. The minimum Gasteiger partial charge on any atom is -0.357 e. The summed E-state index contributed by atoms with van der Waals surface area (Å²) in [4.78, 5) is 18.9. The van der Waals surface area contributed by atoms with E-state index in [4.69, 9.17) is 4.99 Å². The van der Waals surface area contributed by atoms with Gasteiger partial charge >= 0.3 is 0 Å². The minimum atomic E-state index is -0.0248. The molecule has 1 aromatic carbocycles. The first kappa shape index (κ1) is 21.7. The van der Waals surface area contributed by atoms with Crippen LogP contribution in [0.1, 0.15) is 49.5 Å². The zero-order chi connectivity index (χ0) is 17.4. The van der Waals surface area contributed by atoms with Gasteiger partial charge in [-0.1, -0.05) is 19.1 Å². The van der Waals surface area contributed by atoms with Crippen LogP contribution in [0.15, 0.2) is 29.3 Å². The molecule has 2 rings (SSSR count). The minimum absolute atomic E-state index is 0. The van der Waals surface area contributed by atoms with E-state index in [0.29, 0.717) is 18.7 Å². The van der Waals surface area contributed by atoms with Crippen LogP contribution in [-0.2, 0) is 6.54 Å². The maximum absolute atomic E-state index is 11.8. The topological polar surface area (TPSA) is 56.7 Å². The second kappa shape index (κ2) is 11.3. The van der Waals surface area contributed by atoms with Crippen molar-refractivity contribution in [3.05, 3.63) is 35.4 Å². The predicted octanol–water partition coefficient (Wildman–Crippen LogP) is 3.25. The van der Waals surface area contributed by atoms with E-state index in [1.165, 1.54) is 12.8 Å². The number of rotatable bonds is 5. The van der Waals surface area contributed by atoms with Gasteiger partial charge in [0.25, 0.3) is 5.91 Å². The van der Waals surface area contributed by atoms with Crippen molar-refractivity contribution in [3.8, 4) is 0 Å². The van der Waals surface area contributed by atoms with Gasteiger partial charge in [0.05, 0.1) is 6.54 Å². The van der Waals surface area contributed by atoms with Crippen LogP contribution < -0.4 is 10.6 Å². The molecule has 140 valence electrons. The average molecular weight is 458 g/mol. The number of hydrogen-bond acceptors (Lipinski definition) is 2. The molecule has 0 aliphatic carbocycles. The number of halogens is 1. The third-order valence-electron chi connectivity index (χ3n) is 4.26. The summed E-state index contributed by atoms with van der Waals surface area (Å²) in [6, 6.07) is 7.70. The number of amides is 1. The summed E-state index contributed by atoms with van der Waals surface area (Å²) < 4.78 is 0. The van der Waals surface area contributed by atoms with Gasteiger partial charge in [0.15, 0.2) is 5.96 Å². The molecular weight excluding hydrogens is 427 g/mol. The fraction of sp³-hybridized carbons (Fsp3) is 0.579. The molecule has 1 unspecified atom stereocenters. The highest BCUT2D eigenvalue weighted by Gasteiger charge is 2.19. The highest BCUT2D eigenvalue weighted by Crippen LogP contribution is 2.16. The van der Waals surface area contributed by atoms with Crippen LogP contribution in [0.25, 0.3) is 0 Å². The Bertz CT molecular complexity index is 559. The Kier molecular flexibility index (Phi) is 9.85. The van der Waals surface area contributed by atoms with Crippen molar-refractivity contribution in [2.24, 2.45) is 10.9 Å². The molecule has 0 saturated carbocycles. The first-order valence-electron chi connectivity index (χ1n) is 9.04. The van der Waals surface area contributed by atoms with E-state index in [1.807, 2.05) is 31.2 Å². The van der Waals surface area contributed by atoms with Gasteiger partial charge < -0.3 is 15.5 Å². The van der Waals surface area contributed by atoms with Crippen LogP contribution >= 0.6 is 24.0 Å². The Morgan fingerprint density at radius 1 is 1.20 bits per heavy atom. The molecule has 1 aliphatic heterocycles. The van der Waals surface area contributed by atoms with Crippen LogP contribution in [0.2, 0.25) is 0 Å². The Morgan fingerprint density at radius 2 is 1.88 bits per heavy atom. The van der Waals surface area contributed by atoms with E-state index >= 15 is 0 Å². The quantitative estimate of drug-likeness (QED) is 0.405. The van der Waals surface area contributed by atoms with Crippen molar-refractivity contribution in [1.82, 2.24) is 15.5 Å². The first-order valence-corrected chi connectivity index (χ1v) is 9.04. The summed E-state index contributed by atoms with van der Waals surface area (Å²) in [6.07, 6.45) is 2.53. The number of hydrogen-bond donors (Lipinski definition) is 2. The fourth-order valence-corrected chi connectivity index (χ4v) is 3.00. The Balaban J connectivity index is 0.00000312. The number of piperidine rings is 1. The summed E-state index contributed by atoms with van der Waals surface area (Å²) >= 11 is 0. The number of likely N-dealkylation sites (tertiary alicyclic amines) is 1. The summed E-state index contributed by atoms with van der Waals surface area (Å²) in [6.45, 7) is 10.6. The van der Waals surface area contributed by atoms with Crippen molar-refractivity contribution >= 4 is 35.8 Å². The molecule has 5 nitrogen and oxygen atoms in total. The molecule has 1 aromatic rings. The van der Waals surface area contributed by atoms with Gasteiger partial charge in [0, 0.05) is 31.7 Å². The number of carbonyl (C=O) groups excluding carboxylic acids is 1. The lowest BCUT2D eigenvalue weighted by Gasteiger charge is -2.33. The summed E-state index contributed by atoms with van der Waals surface area (Å²) in [5, 5.41) is 6.21. The molecule has 1 aliphatic rings. The van der Waals surface area contributed by atoms with Crippen molar-refractivity contribution < 1.29 is 4.79 Å². The highest BCUT2D eigenvalue weighted by molar-refractivity contribution is 14.0. The van der Waals surface area contributed by atoms with Gasteiger partial charge in [-0.3, -0.25) is 4.79 Å². The van der Waals surface area contributed by atoms with Gasteiger partial charge in [-0.2, -0.15) is 0 Å². The number of aliphatic imine (C=N–C) groups is 1. The predicted molar refractivity (Wildman–Crippen MR) is 115 cm³/mol. The van der Waals surface area contributed by atoms with E-state index in [1.54, 1.807) is 0 Å². The van der Waals surface area contributed by atoms with Crippen LogP contribution in [0.5, 0.6) is 0 Å². The number of nitrogens with zero attached hydrogens (tertiary/aromatic N) is 2. The van der Waals surface area contributed by atoms with Crippen LogP contribution in [0.4, 0.5) is 0 Å². The molecule has 1 amide bonds. The third-order valence-corrected chi connectivity index (χ3v) is 4.26. The van der Waals surface area contributed by atoms with Gasteiger partial charge in [-0.05, 0) is 50.3 Å². The molecule has 1 heterocycles. The third kappa shape index (κ3) is 6.84. The fourth-order valence-electron chi connectivity index (χ4n) is 3.00. The van der Waals surface area contributed by atoms with Gasteiger partial charge in [-0.15, -0.1) is 24.0 Å². The largest absolute Gasteiger partial charge is 0.357 e. The number of nitrogens with one attached hydrogen (secondary N) is 2. The van der Waals surface area contributed by atoms with Crippen LogP contribution in [0.3, 0.4) is 0 Å². The number of guanidine groups is 1. The molecule has 1 fully saturated rings. The standard InChI is InChI=1S/C19H30N4O.HI/c1-4-20-18(24)17-10-8-16(9-11-17)13-22-19(21-5-2)23-12-6-7-15(3)14-23;/h8-11,15H,4-7,12-14H2,1-3H3,(H,20,24)(H,21,22);1H. The van der Waals surface area contributed by atoms with Crippen molar-refractivity contribution in [1.29, 1.82) is 0 Å². The molecule has 0 bridgehead atoms. The molecule has 2 N–H and O–H groups in total. The van der Waals surface area contributed by atoms with Crippen molar-refractivity contribution in [2.45, 2.75) is 40.2 Å². The lowest BCUT2D eigenvalue weighted by molar-refractivity contribution is 0.0956. The first-order chi connectivity index (χ1) is 11.6. The molecule has 0 spiro atoms. The molecule has 25 heavy (non-hydrogen) atoms. The van der Waals surface area contributed by atoms with E-state index in [-0.39, 0.29) is 29.9 Å². The second-order valence-corrected chi connectivity index (χ2v) is 6.42. The molecule has 6 heteroatoms. The zero-order valence-electron chi connectivity index (χ0n) is 15.5. The van der Waals surface area contributed by atoms with Gasteiger partial charge in [0.1, 0.15) is 0 Å². The Morgan fingerprint density at radius 3 is 2.48 bits per heavy atom. The number of carbonyl (C=O) groups is 1. The highest BCUT2D eigenvalue weighted by atomic mass is 127. The van der Waals surface area contributed by atoms with Gasteiger partial charge in [0.2, 0.25) is 0 Å². The van der Waals surface area contributed by atoms with E-state index in [0.717, 1.165) is 37.1 Å². The smallest absolute Gasteiger partial charge is 0.251 e. The van der Waals surface area contributed by atoms with E-state index in [2.05, 4.69) is 29.4 Å². The lowest BCUT2D eigenvalue weighted by Crippen LogP contribution is -2.46. The average Bonchev–Trinajstić information content (AvgIpc) is 2.59. The van der Waals surface area contributed by atoms with E-state index in [9.17, 15) is 4.79 Å². The van der Waals surface area contributed by atoms with E-state index < -0.39 is 0 Å². The van der Waals surface area contributed by atoms with Gasteiger partial charge in [-0.25, -0.2) is 4.99 Å². The lowest BCUT2D eigenvalue weighted by atomic mass is 10.0. The summed E-state index contributed by atoms with van der Waals surface area (Å²) in [5.41, 5.74) is 1.81. The summed E-state index contributed by atoms with van der Waals surface area (Å²) in [5.74, 6) is 1.69. The molecular formula is C19H31IN4O. The monoisotopic (exact) mass is 458 g/mol. The summed E-state index contributed by atoms with van der Waals surface area (Å²) in [7, 11) is 0. The zero-order valence-corrected chi connectivity index (χ0v) is 17.9. The molecule has 1 saturated heterocycles. The molecule has 0 aromatic heterocycles. The second-order valence-electron chi connectivity index (χ2n) is 6.42. The van der Waals surface area contributed by atoms with Crippen LogP contribution in [0, 0.1) is 5.92 Å².